The van der Waals surface area contributed by atoms with E-state index in [-0.39, 0.29) is 5.75 Å². The number of aryl methyl sites for hydroxylation is 1. The monoisotopic (exact) mass is 393 g/mol. The molecule has 5 heteroatoms. The largest absolute Gasteiger partial charge is 0.507 e. The molecule has 0 aliphatic carbocycles. The highest BCUT2D eigenvalue weighted by Crippen LogP contribution is 2.36. The summed E-state index contributed by atoms with van der Waals surface area (Å²) >= 11 is 3.46. The smallest absolute Gasteiger partial charge is 0.143 e. The average molecular weight is 394 g/mol. The van der Waals surface area contributed by atoms with Gasteiger partial charge in [0.05, 0.1) is 0 Å². The zero-order chi connectivity index (χ0) is 17.4. The molecule has 2 N–H and O–H groups in total. The molecule has 2 aromatic heterocycles. The van der Waals surface area contributed by atoms with Gasteiger partial charge >= 0.3 is 0 Å². The molecule has 0 saturated carbocycles. The van der Waals surface area contributed by atoms with Crippen LogP contribution in [-0.4, -0.2) is 14.5 Å². The van der Waals surface area contributed by atoms with Gasteiger partial charge in [-0.05, 0) is 55.0 Å². The van der Waals surface area contributed by atoms with E-state index in [2.05, 4.69) is 21.2 Å². The van der Waals surface area contributed by atoms with E-state index >= 15 is 0 Å². The molecule has 0 bridgehead atoms. The lowest BCUT2D eigenvalue weighted by Crippen LogP contribution is -1.97. The van der Waals surface area contributed by atoms with Gasteiger partial charge in [-0.1, -0.05) is 34.1 Å². The lowest BCUT2D eigenvalue weighted by Gasteiger charge is -2.10. The summed E-state index contributed by atoms with van der Waals surface area (Å²) in [7, 11) is 0. The van der Waals surface area contributed by atoms with Crippen LogP contribution in [0.25, 0.3) is 16.9 Å². The van der Waals surface area contributed by atoms with E-state index in [1.54, 1.807) is 12.1 Å². The first kappa shape index (κ1) is 15.7. The topological polar surface area (TPSA) is 49.6 Å². The maximum Gasteiger partial charge on any atom is 0.143 e. The van der Waals surface area contributed by atoms with Gasteiger partial charge in [0.1, 0.15) is 22.9 Å². The van der Waals surface area contributed by atoms with Gasteiger partial charge in [0.25, 0.3) is 0 Å². The summed E-state index contributed by atoms with van der Waals surface area (Å²) in [5.74, 6) is 1.03. The number of halogens is 1. The van der Waals surface area contributed by atoms with Crippen LogP contribution >= 0.6 is 15.9 Å². The van der Waals surface area contributed by atoms with Crippen molar-refractivity contribution in [3.63, 3.8) is 0 Å². The predicted octanol–water partition coefficient (Wildman–Crippen LogP) is 5.52. The highest BCUT2D eigenvalue weighted by Gasteiger charge is 2.17. The van der Waals surface area contributed by atoms with Crippen LogP contribution in [0.5, 0.6) is 5.75 Å². The minimum Gasteiger partial charge on any atom is -0.507 e. The fraction of sp³-hybridized carbons (Fsp3) is 0.0500. The molecule has 25 heavy (non-hydrogen) atoms. The maximum absolute atomic E-state index is 10.3. The first-order valence-electron chi connectivity index (χ1n) is 7.91. The number of aromatic hydroxyl groups is 1. The second-order valence-electron chi connectivity index (χ2n) is 5.89. The molecule has 0 spiro atoms. The van der Waals surface area contributed by atoms with E-state index in [0.717, 1.165) is 27.2 Å². The van der Waals surface area contributed by atoms with E-state index in [1.807, 2.05) is 66.1 Å². The van der Waals surface area contributed by atoms with Crippen molar-refractivity contribution in [2.45, 2.75) is 6.92 Å². The van der Waals surface area contributed by atoms with Gasteiger partial charge in [0.15, 0.2) is 0 Å². The summed E-state index contributed by atoms with van der Waals surface area (Å²) in [5.41, 5.74) is 4.31. The Morgan fingerprint density at radius 1 is 1.00 bits per heavy atom. The molecule has 0 aliphatic rings. The Morgan fingerprint density at radius 2 is 1.76 bits per heavy atom. The van der Waals surface area contributed by atoms with Gasteiger partial charge in [-0.15, -0.1) is 0 Å². The standard InChI is InChI=1S/C20H16BrN3O/c1-13-6-11-18-23-19(16-4-2-3-5-17(16)25)20(24(18)12-13)22-15-9-7-14(21)8-10-15/h2-12,22,25H,1H3. The molecule has 0 amide bonds. The average Bonchev–Trinajstić information content (AvgIpc) is 2.95. The van der Waals surface area contributed by atoms with Gasteiger partial charge in [-0.25, -0.2) is 4.98 Å². The molecule has 2 aromatic carbocycles. The fourth-order valence-corrected chi connectivity index (χ4v) is 3.07. The minimum atomic E-state index is 0.210. The van der Waals surface area contributed by atoms with Gasteiger partial charge in [0.2, 0.25) is 0 Å². The van der Waals surface area contributed by atoms with E-state index < -0.39 is 0 Å². The molecule has 0 fully saturated rings. The summed E-state index contributed by atoms with van der Waals surface area (Å²) in [6.45, 7) is 2.04. The van der Waals surface area contributed by atoms with Crippen LogP contribution in [0, 0.1) is 6.92 Å². The predicted molar refractivity (Wildman–Crippen MR) is 104 cm³/mol. The zero-order valence-electron chi connectivity index (χ0n) is 13.6. The summed E-state index contributed by atoms with van der Waals surface area (Å²) in [4.78, 5) is 4.73. The molecule has 0 radical (unpaired) electrons. The van der Waals surface area contributed by atoms with E-state index in [1.165, 1.54) is 0 Å². The second kappa shape index (κ2) is 6.26. The van der Waals surface area contributed by atoms with Crippen LogP contribution in [0.4, 0.5) is 11.5 Å². The second-order valence-corrected chi connectivity index (χ2v) is 6.81. The van der Waals surface area contributed by atoms with Crippen molar-refractivity contribution in [2.24, 2.45) is 0 Å². The Kier molecular flexibility index (Phi) is 3.93. The number of anilines is 2. The number of phenolic OH excluding ortho intramolecular Hbond substituents is 1. The number of para-hydroxylation sites is 1. The Balaban J connectivity index is 1.93. The Bertz CT molecular complexity index is 1050. The van der Waals surface area contributed by atoms with E-state index in [9.17, 15) is 5.11 Å². The number of hydrogen-bond acceptors (Lipinski definition) is 3. The molecule has 4 aromatic rings. The number of rotatable bonds is 3. The number of nitrogens with zero attached hydrogens (tertiary/aromatic N) is 2. The van der Waals surface area contributed by atoms with Gasteiger partial charge < -0.3 is 10.4 Å². The summed E-state index contributed by atoms with van der Waals surface area (Å²) in [6, 6.07) is 19.2. The number of nitrogens with one attached hydrogen (secondary N) is 1. The van der Waals surface area contributed by atoms with E-state index in [0.29, 0.717) is 11.3 Å². The Labute approximate surface area is 153 Å². The molecule has 0 aliphatic heterocycles. The van der Waals surface area contributed by atoms with Crippen molar-refractivity contribution in [1.29, 1.82) is 0 Å². The number of imidazole rings is 1. The molecule has 4 rings (SSSR count). The number of phenols is 1. The van der Waals surface area contributed by atoms with Crippen LogP contribution < -0.4 is 5.32 Å². The van der Waals surface area contributed by atoms with Crippen molar-refractivity contribution in [1.82, 2.24) is 9.38 Å². The van der Waals surface area contributed by atoms with Crippen LogP contribution in [0.3, 0.4) is 0 Å². The molecule has 124 valence electrons. The number of benzene rings is 2. The SMILES string of the molecule is Cc1ccc2nc(-c3ccccc3O)c(Nc3ccc(Br)cc3)n2c1. The molecule has 2 heterocycles. The summed E-state index contributed by atoms with van der Waals surface area (Å²) in [5, 5.41) is 13.7. The number of aromatic nitrogens is 2. The highest BCUT2D eigenvalue weighted by molar-refractivity contribution is 9.10. The lowest BCUT2D eigenvalue weighted by atomic mass is 10.1. The van der Waals surface area contributed by atoms with Crippen LogP contribution in [-0.2, 0) is 0 Å². The molecule has 4 nitrogen and oxygen atoms in total. The molecule has 0 saturated heterocycles. The third-order valence-electron chi connectivity index (χ3n) is 4.03. The molecular weight excluding hydrogens is 378 g/mol. The summed E-state index contributed by atoms with van der Waals surface area (Å²) in [6.07, 6.45) is 2.03. The highest BCUT2D eigenvalue weighted by atomic mass is 79.9. The zero-order valence-corrected chi connectivity index (χ0v) is 15.2. The van der Waals surface area contributed by atoms with Gasteiger partial charge in [0, 0.05) is 21.9 Å². The molecule has 0 unspecified atom stereocenters. The first-order chi connectivity index (χ1) is 12.1. The Morgan fingerprint density at radius 3 is 2.52 bits per heavy atom. The van der Waals surface area contributed by atoms with Crippen molar-refractivity contribution >= 4 is 33.1 Å². The van der Waals surface area contributed by atoms with Gasteiger partial charge in [-0.2, -0.15) is 0 Å². The van der Waals surface area contributed by atoms with Crippen molar-refractivity contribution in [2.75, 3.05) is 5.32 Å². The van der Waals surface area contributed by atoms with Crippen molar-refractivity contribution in [3.05, 3.63) is 76.9 Å². The third-order valence-corrected chi connectivity index (χ3v) is 4.56. The summed E-state index contributed by atoms with van der Waals surface area (Å²) < 4.78 is 3.03. The molecular formula is C20H16BrN3O. The fourth-order valence-electron chi connectivity index (χ4n) is 2.80. The van der Waals surface area contributed by atoms with Crippen LogP contribution in [0.1, 0.15) is 5.56 Å². The van der Waals surface area contributed by atoms with Crippen LogP contribution in [0.15, 0.2) is 71.3 Å². The third kappa shape index (κ3) is 2.98. The van der Waals surface area contributed by atoms with Crippen molar-refractivity contribution < 1.29 is 5.11 Å². The van der Waals surface area contributed by atoms with E-state index in [4.69, 9.17) is 4.98 Å². The lowest BCUT2D eigenvalue weighted by molar-refractivity contribution is 0.477. The quantitative estimate of drug-likeness (QED) is 0.481. The number of pyridine rings is 1. The minimum absolute atomic E-state index is 0.210. The normalized spacial score (nSPS) is 11.0. The van der Waals surface area contributed by atoms with Crippen molar-refractivity contribution in [3.8, 4) is 17.0 Å². The van der Waals surface area contributed by atoms with Crippen LogP contribution in [0.2, 0.25) is 0 Å². The Hall–Kier alpha value is -2.79. The maximum atomic E-state index is 10.3. The number of hydrogen-bond donors (Lipinski definition) is 2. The first-order valence-corrected chi connectivity index (χ1v) is 8.71. The van der Waals surface area contributed by atoms with Gasteiger partial charge in [-0.3, -0.25) is 4.40 Å². The number of fused-ring (bicyclic) bond motifs is 1. The molecule has 0 atom stereocenters.